The molecule has 204 valence electrons. The summed E-state index contributed by atoms with van der Waals surface area (Å²) >= 11 is 0. The van der Waals surface area contributed by atoms with Crippen LogP contribution in [-0.4, -0.2) is 17.4 Å². The van der Waals surface area contributed by atoms with Gasteiger partial charge >= 0.3 is 0 Å². The summed E-state index contributed by atoms with van der Waals surface area (Å²) in [6, 6.07) is 51.5. The van der Waals surface area contributed by atoms with Gasteiger partial charge in [0, 0.05) is 39.9 Å². The van der Waals surface area contributed by atoms with Gasteiger partial charge in [-0.25, -0.2) is 4.68 Å². The molecule has 1 aromatic heterocycles. The molecule has 0 spiro atoms. The van der Waals surface area contributed by atoms with Gasteiger partial charge in [-0.15, -0.1) is 0 Å². The molecule has 0 saturated heterocycles. The first kappa shape index (κ1) is 25.1. The Morgan fingerprint density at radius 3 is 1.77 bits per heavy atom. The molecular weight excluding hydrogens is 522 g/mol. The van der Waals surface area contributed by atoms with Crippen LogP contribution in [0.25, 0.3) is 59.8 Å². The van der Waals surface area contributed by atoms with E-state index in [9.17, 15) is 0 Å². The van der Waals surface area contributed by atoms with Crippen molar-refractivity contribution in [1.82, 2.24) is 9.99 Å². The molecule has 8 aromatic rings. The van der Waals surface area contributed by atoms with E-state index in [4.69, 9.17) is 5.10 Å². The van der Waals surface area contributed by atoms with Gasteiger partial charge in [-0.3, -0.25) is 0 Å². The second kappa shape index (κ2) is 10.3. The Morgan fingerprint density at radius 2 is 1.07 bits per heavy atom. The fourth-order valence-electron chi connectivity index (χ4n) is 6.45. The fourth-order valence-corrected chi connectivity index (χ4v) is 6.45. The van der Waals surface area contributed by atoms with Gasteiger partial charge in [-0.1, -0.05) is 146 Å². The van der Waals surface area contributed by atoms with Gasteiger partial charge in [-0.2, -0.15) is 5.10 Å². The summed E-state index contributed by atoms with van der Waals surface area (Å²) < 4.78 is 2.21. The molecule has 0 radical (unpaired) electrons. The van der Waals surface area contributed by atoms with Gasteiger partial charge < -0.3 is 5.32 Å². The lowest BCUT2D eigenvalue weighted by Crippen LogP contribution is -2.09. The maximum Gasteiger partial charge on any atom is 0.0933 e. The van der Waals surface area contributed by atoms with Crippen LogP contribution in [0.4, 0.5) is 0 Å². The standard InChI is InChI=1S/C40H29N3/c1-41-36(28-15-4-2-5-16-28)26-37(29-17-6-3-7-18-29)42-43-39-30-19-9-8-14-27(30)24-25-35(39)38-33-22-12-10-20-31(33)32-21-11-13-23-34(32)40(38)43/h2-26,41H,1H3/b36-26-,42-37+. The van der Waals surface area contributed by atoms with Crippen LogP contribution in [0, 0.1) is 0 Å². The van der Waals surface area contributed by atoms with Crippen molar-refractivity contribution in [3.05, 3.63) is 163 Å². The van der Waals surface area contributed by atoms with Crippen molar-refractivity contribution in [2.24, 2.45) is 5.10 Å². The number of nitrogens with one attached hydrogen (secondary N) is 1. The monoisotopic (exact) mass is 551 g/mol. The van der Waals surface area contributed by atoms with E-state index >= 15 is 0 Å². The van der Waals surface area contributed by atoms with E-state index in [0.717, 1.165) is 33.6 Å². The highest BCUT2D eigenvalue weighted by atomic mass is 15.4. The number of aromatic nitrogens is 1. The summed E-state index contributed by atoms with van der Waals surface area (Å²) in [5.74, 6) is 0. The highest BCUT2D eigenvalue weighted by molar-refractivity contribution is 6.34. The Balaban J connectivity index is 1.59. The molecule has 7 aromatic carbocycles. The highest BCUT2D eigenvalue weighted by Crippen LogP contribution is 2.43. The van der Waals surface area contributed by atoms with Crippen LogP contribution in [0.2, 0.25) is 0 Å². The third-order valence-corrected chi connectivity index (χ3v) is 8.41. The molecule has 0 aliphatic carbocycles. The minimum absolute atomic E-state index is 0.873. The third kappa shape index (κ3) is 4.09. The molecule has 0 fully saturated rings. The zero-order valence-electron chi connectivity index (χ0n) is 23.8. The van der Waals surface area contributed by atoms with Crippen LogP contribution < -0.4 is 5.32 Å². The Kier molecular flexibility index (Phi) is 6.01. The number of allylic oxidation sites excluding steroid dienone is 1. The van der Waals surface area contributed by atoms with E-state index in [0.29, 0.717) is 0 Å². The van der Waals surface area contributed by atoms with Crippen molar-refractivity contribution in [1.29, 1.82) is 0 Å². The maximum absolute atomic E-state index is 5.58. The second-order valence-corrected chi connectivity index (χ2v) is 10.8. The summed E-state index contributed by atoms with van der Waals surface area (Å²) in [7, 11) is 1.97. The molecule has 3 nitrogen and oxygen atoms in total. The molecule has 0 saturated carbocycles. The molecule has 0 atom stereocenters. The molecule has 0 aliphatic rings. The van der Waals surface area contributed by atoms with Gasteiger partial charge in [0.15, 0.2) is 0 Å². The van der Waals surface area contributed by atoms with Crippen molar-refractivity contribution in [3.63, 3.8) is 0 Å². The van der Waals surface area contributed by atoms with E-state index in [1.54, 1.807) is 0 Å². The topological polar surface area (TPSA) is 29.3 Å². The number of hydrogen-bond donors (Lipinski definition) is 1. The molecule has 0 bridgehead atoms. The molecule has 43 heavy (non-hydrogen) atoms. The normalized spacial score (nSPS) is 12.6. The molecule has 8 rings (SSSR count). The molecule has 3 heteroatoms. The Morgan fingerprint density at radius 1 is 0.512 bits per heavy atom. The molecule has 0 unspecified atom stereocenters. The van der Waals surface area contributed by atoms with E-state index in [2.05, 4.69) is 156 Å². The summed E-state index contributed by atoms with van der Waals surface area (Å²) in [4.78, 5) is 0. The first-order valence-corrected chi connectivity index (χ1v) is 14.7. The van der Waals surface area contributed by atoms with Crippen molar-refractivity contribution in [2.75, 3.05) is 7.05 Å². The van der Waals surface area contributed by atoms with Gasteiger partial charge in [0.25, 0.3) is 0 Å². The minimum Gasteiger partial charge on any atom is -0.388 e. The summed E-state index contributed by atoms with van der Waals surface area (Å²) in [6.07, 6.45) is 2.16. The van der Waals surface area contributed by atoms with Gasteiger partial charge in [0.05, 0.1) is 16.7 Å². The Hall–Kier alpha value is -5.67. The van der Waals surface area contributed by atoms with Gasteiger partial charge in [0.2, 0.25) is 0 Å². The first-order valence-electron chi connectivity index (χ1n) is 14.7. The molecule has 0 aliphatic heterocycles. The van der Waals surface area contributed by atoms with Crippen LogP contribution in [0.1, 0.15) is 11.1 Å². The fraction of sp³-hybridized carbons (Fsp3) is 0.0250. The van der Waals surface area contributed by atoms with Crippen molar-refractivity contribution < 1.29 is 0 Å². The van der Waals surface area contributed by atoms with Crippen LogP contribution in [0.15, 0.2) is 157 Å². The Labute approximate surface area is 250 Å². The SMILES string of the molecule is CN/C(=C\C(=N/n1c2c3ccccc3ccc2c2c3ccccc3c3ccccc3c21)c1ccccc1)c1ccccc1. The van der Waals surface area contributed by atoms with E-state index < -0.39 is 0 Å². The Bertz CT molecular complexity index is 2360. The number of fused-ring (bicyclic) bond motifs is 10. The average Bonchev–Trinajstić information content (AvgIpc) is 3.42. The van der Waals surface area contributed by atoms with E-state index in [-0.39, 0.29) is 0 Å². The minimum atomic E-state index is 0.873. The van der Waals surface area contributed by atoms with Crippen LogP contribution >= 0.6 is 0 Å². The van der Waals surface area contributed by atoms with Crippen molar-refractivity contribution in [2.45, 2.75) is 0 Å². The second-order valence-electron chi connectivity index (χ2n) is 10.8. The maximum atomic E-state index is 5.58. The highest BCUT2D eigenvalue weighted by Gasteiger charge is 2.20. The van der Waals surface area contributed by atoms with E-state index in [1.165, 1.54) is 43.1 Å². The molecule has 1 N–H and O–H groups in total. The van der Waals surface area contributed by atoms with E-state index in [1.807, 2.05) is 13.1 Å². The first-order chi connectivity index (χ1) is 21.3. The predicted octanol–water partition coefficient (Wildman–Crippen LogP) is 9.77. The third-order valence-electron chi connectivity index (χ3n) is 8.41. The summed E-state index contributed by atoms with van der Waals surface area (Å²) in [5.41, 5.74) is 6.27. The van der Waals surface area contributed by atoms with Crippen LogP contribution in [0.3, 0.4) is 0 Å². The van der Waals surface area contributed by atoms with Gasteiger partial charge in [0.1, 0.15) is 0 Å². The quantitative estimate of drug-likeness (QED) is 0.167. The van der Waals surface area contributed by atoms with Crippen LogP contribution in [-0.2, 0) is 0 Å². The van der Waals surface area contributed by atoms with Crippen LogP contribution in [0.5, 0.6) is 0 Å². The number of rotatable bonds is 5. The largest absolute Gasteiger partial charge is 0.388 e. The lowest BCUT2D eigenvalue weighted by molar-refractivity contribution is 0.976. The number of benzene rings is 7. The van der Waals surface area contributed by atoms with Gasteiger partial charge in [-0.05, 0) is 33.2 Å². The number of nitrogens with zero attached hydrogens (tertiary/aromatic N) is 2. The lowest BCUT2D eigenvalue weighted by Gasteiger charge is -2.12. The molecule has 1 heterocycles. The predicted molar refractivity (Wildman–Crippen MR) is 184 cm³/mol. The molecular formula is C40H29N3. The number of hydrogen-bond acceptors (Lipinski definition) is 2. The summed E-state index contributed by atoms with van der Waals surface area (Å²) in [5, 5.41) is 18.7. The zero-order valence-corrected chi connectivity index (χ0v) is 23.8. The smallest absolute Gasteiger partial charge is 0.0933 e. The lowest BCUT2D eigenvalue weighted by atomic mass is 9.96. The van der Waals surface area contributed by atoms with Crippen molar-refractivity contribution >= 4 is 65.5 Å². The molecule has 0 amide bonds. The van der Waals surface area contributed by atoms with Crippen molar-refractivity contribution in [3.8, 4) is 0 Å². The zero-order chi connectivity index (χ0) is 28.8. The summed E-state index contributed by atoms with van der Waals surface area (Å²) in [6.45, 7) is 0. The average molecular weight is 552 g/mol.